The minimum atomic E-state index is -0.409. The van der Waals surface area contributed by atoms with Crippen LogP contribution in [-0.4, -0.2) is 13.0 Å². The monoisotopic (exact) mass is 210 g/mol. The maximum atomic E-state index is 13.6. The van der Waals surface area contributed by atoms with Gasteiger partial charge in [-0.1, -0.05) is 6.07 Å². The van der Waals surface area contributed by atoms with Crippen LogP contribution >= 0.6 is 0 Å². The molecule has 4 nitrogen and oxygen atoms in total. The molecule has 1 aliphatic rings. The van der Waals surface area contributed by atoms with Crippen molar-refractivity contribution in [1.29, 1.82) is 0 Å². The van der Waals surface area contributed by atoms with Crippen molar-refractivity contribution in [2.45, 2.75) is 13.0 Å². The van der Waals surface area contributed by atoms with Gasteiger partial charge in [0.2, 0.25) is 5.91 Å². The molecule has 2 N–H and O–H groups in total. The summed E-state index contributed by atoms with van der Waals surface area (Å²) in [6, 6.07) is 3.08. The Morgan fingerprint density at radius 1 is 1.60 bits per heavy atom. The molecule has 0 bridgehead atoms. The summed E-state index contributed by atoms with van der Waals surface area (Å²) < 4.78 is 13.6. The second-order valence-electron chi connectivity index (χ2n) is 3.53. The first-order valence-corrected chi connectivity index (χ1v) is 4.53. The molecule has 1 aromatic carbocycles. The van der Waals surface area contributed by atoms with E-state index in [1.54, 1.807) is 13.1 Å². The fraction of sp³-hybridized carbons (Fsp3) is 0.300. The number of hydrogen-bond donors (Lipinski definition) is 1. The standard InChI is InChI=1S/C10H11FN2O2/c1-13-9(14)4-7-2-6(5-15-12)3-8(11)10(7)13/h2-3H,4-5,12H2,1H3. The van der Waals surface area contributed by atoms with Crippen molar-refractivity contribution in [3.8, 4) is 0 Å². The number of likely N-dealkylation sites (N-methyl/N-ethyl adjacent to an activating group) is 1. The highest BCUT2D eigenvalue weighted by molar-refractivity contribution is 6.01. The lowest BCUT2D eigenvalue weighted by atomic mass is 10.1. The molecule has 15 heavy (non-hydrogen) atoms. The zero-order valence-electron chi connectivity index (χ0n) is 8.29. The normalized spacial score (nSPS) is 14.6. The summed E-state index contributed by atoms with van der Waals surface area (Å²) >= 11 is 0. The molecule has 0 saturated carbocycles. The molecule has 0 unspecified atom stereocenters. The summed E-state index contributed by atoms with van der Waals surface area (Å²) in [4.78, 5) is 17.1. The third kappa shape index (κ3) is 1.60. The third-order valence-corrected chi connectivity index (χ3v) is 2.50. The van der Waals surface area contributed by atoms with Gasteiger partial charge in [0.1, 0.15) is 5.82 Å². The molecule has 0 spiro atoms. The second-order valence-corrected chi connectivity index (χ2v) is 3.53. The number of nitrogens with two attached hydrogens (primary N) is 1. The summed E-state index contributed by atoms with van der Waals surface area (Å²) in [6.07, 6.45) is 0.237. The van der Waals surface area contributed by atoms with E-state index in [1.807, 2.05) is 0 Å². The van der Waals surface area contributed by atoms with E-state index >= 15 is 0 Å². The van der Waals surface area contributed by atoms with Gasteiger partial charge in [0, 0.05) is 7.05 Å². The molecule has 0 aliphatic carbocycles. The van der Waals surface area contributed by atoms with E-state index in [9.17, 15) is 9.18 Å². The van der Waals surface area contributed by atoms with Crippen molar-refractivity contribution >= 4 is 11.6 Å². The number of halogens is 1. The Morgan fingerprint density at radius 2 is 2.33 bits per heavy atom. The van der Waals surface area contributed by atoms with Gasteiger partial charge >= 0.3 is 0 Å². The van der Waals surface area contributed by atoms with Crippen molar-refractivity contribution < 1.29 is 14.0 Å². The summed E-state index contributed by atoms with van der Waals surface area (Å²) in [7, 11) is 1.57. The van der Waals surface area contributed by atoms with Crippen LogP contribution in [0.15, 0.2) is 12.1 Å². The fourth-order valence-corrected chi connectivity index (χ4v) is 1.81. The first-order valence-electron chi connectivity index (χ1n) is 4.53. The molecule has 1 heterocycles. The fourth-order valence-electron chi connectivity index (χ4n) is 1.81. The lowest BCUT2D eigenvalue weighted by molar-refractivity contribution is -0.117. The number of amides is 1. The summed E-state index contributed by atoms with van der Waals surface area (Å²) in [6.45, 7) is 0.141. The van der Waals surface area contributed by atoms with E-state index in [0.717, 1.165) is 0 Å². The van der Waals surface area contributed by atoms with E-state index < -0.39 is 5.82 Å². The topological polar surface area (TPSA) is 55.6 Å². The highest BCUT2D eigenvalue weighted by atomic mass is 19.1. The first kappa shape index (κ1) is 10.1. The average Bonchev–Trinajstić information content (AvgIpc) is 2.43. The highest BCUT2D eigenvalue weighted by Gasteiger charge is 2.27. The van der Waals surface area contributed by atoms with Crippen LogP contribution in [0.1, 0.15) is 11.1 Å². The minimum absolute atomic E-state index is 0.102. The largest absolute Gasteiger partial charge is 0.312 e. The van der Waals surface area contributed by atoms with E-state index in [2.05, 4.69) is 4.84 Å². The van der Waals surface area contributed by atoms with E-state index in [4.69, 9.17) is 5.90 Å². The van der Waals surface area contributed by atoms with Gasteiger partial charge in [-0.3, -0.25) is 9.63 Å². The molecule has 1 aromatic rings. The molecule has 80 valence electrons. The number of fused-ring (bicyclic) bond motifs is 1. The average molecular weight is 210 g/mol. The molecule has 0 atom stereocenters. The smallest absolute Gasteiger partial charge is 0.231 e. The van der Waals surface area contributed by atoms with Gasteiger partial charge in [0.05, 0.1) is 18.7 Å². The van der Waals surface area contributed by atoms with Gasteiger partial charge in [-0.2, -0.15) is 0 Å². The number of rotatable bonds is 2. The molecule has 0 saturated heterocycles. The second kappa shape index (κ2) is 3.60. The number of carbonyl (C=O) groups excluding carboxylic acids is 1. The zero-order chi connectivity index (χ0) is 11.0. The number of carbonyl (C=O) groups is 1. The molecular formula is C10H11FN2O2. The van der Waals surface area contributed by atoms with Crippen LogP contribution < -0.4 is 10.8 Å². The SMILES string of the molecule is CN1C(=O)Cc2cc(CON)cc(F)c21. The van der Waals surface area contributed by atoms with E-state index in [0.29, 0.717) is 16.8 Å². The van der Waals surface area contributed by atoms with Crippen LogP contribution in [0.5, 0.6) is 0 Å². The first-order chi connectivity index (χ1) is 7.13. The lowest BCUT2D eigenvalue weighted by Gasteiger charge is -2.11. The quantitative estimate of drug-likeness (QED) is 0.732. The van der Waals surface area contributed by atoms with Crippen molar-refractivity contribution in [1.82, 2.24) is 0 Å². The lowest BCUT2D eigenvalue weighted by Crippen LogP contribution is -2.21. The maximum Gasteiger partial charge on any atom is 0.231 e. The van der Waals surface area contributed by atoms with Crippen LogP contribution in [-0.2, 0) is 22.7 Å². The number of nitrogens with zero attached hydrogens (tertiary/aromatic N) is 1. The van der Waals surface area contributed by atoms with Crippen LogP contribution in [0.4, 0.5) is 10.1 Å². The molecular weight excluding hydrogens is 199 g/mol. The Morgan fingerprint density at radius 3 is 3.00 bits per heavy atom. The number of anilines is 1. The van der Waals surface area contributed by atoms with Gasteiger partial charge in [0.15, 0.2) is 0 Å². The van der Waals surface area contributed by atoms with Crippen molar-refractivity contribution in [3.05, 3.63) is 29.1 Å². The van der Waals surface area contributed by atoms with E-state index in [1.165, 1.54) is 11.0 Å². The maximum absolute atomic E-state index is 13.6. The molecule has 0 fully saturated rings. The predicted octanol–water partition coefficient (Wildman–Crippen LogP) is 0.735. The molecule has 1 amide bonds. The summed E-state index contributed by atoms with van der Waals surface area (Å²) in [5.41, 5.74) is 1.69. The third-order valence-electron chi connectivity index (χ3n) is 2.50. The molecule has 2 rings (SSSR count). The Kier molecular flexibility index (Phi) is 2.42. The van der Waals surface area contributed by atoms with Crippen LogP contribution in [0, 0.1) is 5.82 Å². The van der Waals surface area contributed by atoms with Crippen LogP contribution in [0.3, 0.4) is 0 Å². The molecule has 0 aromatic heterocycles. The van der Waals surface area contributed by atoms with Gasteiger partial charge in [-0.15, -0.1) is 0 Å². The zero-order valence-corrected chi connectivity index (χ0v) is 8.29. The number of hydrogen-bond acceptors (Lipinski definition) is 3. The van der Waals surface area contributed by atoms with Crippen molar-refractivity contribution in [3.63, 3.8) is 0 Å². The van der Waals surface area contributed by atoms with Gasteiger partial charge in [-0.25, -0.2) is 10.3 Å². The molecule has 1 aliphatic heterocycles. The highest BCUT2D eigenvalue weighted by Crippen LogP contribution is 2.31. The van der Waals surface area contributed by atoms with E-state index in [-0.39, 0.29) is 18.9 Å². The molecule has 5 heteroatoms. The van der Waals surface area contributed by atoms with Crippen molar-refractivity contribution in [2.24, 2.45) is 5.90 Å². The van der Waals surface area contributed by atoms with Gasteiger partial charge in [0.25, 0.3) is 0 Å². The van der Waals surface area contributed by atoms with Crippen LogP contribution in [0.25, 0.3) is 0 Å². The summed E-state index contributed by atoms with van der Waals surface area (Å²) in [5, 5.41) is 0. The van der Waals surface area contributed by atoms with Gasteiger partial charge in [-0.05, 0) is 17.2 Å². The number of benzene rings is 1. The Balaban J connectivity index is 2.46. The Hall–Kier alpha value is -1.46. The Bertz CT molecular complexity index is 420. The Labute approximate surface area is 86.4 Å². The van der Waals surface area contributed by atoms with Crippen molar-refractivity contribution in [2.75, 3.05) is 11.9 Å². The van der Waals surface area contributed by atoms with Crippen LogP contribution in [0.2, 0.25) is 0 Å². The predicted molar refractivity (Wildman–Crippen MR) is 52.5 cm³/mol. The summed E-state index contributed by atoms with van der Waals surface area (Å²) in [5.74, 6) is 4.40. The molecule has 0 radical (unpaired) electrons. The van der Waals surface area contributed by atoms with Gasteiger partial charge < -0.3 is 4.90 Å². The minimum Gasteiger partial charge on any atom is -0.312 e.